The van der Waals surface area contributed by atoms with Gasteiger partial charge in [0.05, 0.1) is 11.3 Å². The van der Waals surface area contributed by atoms with Gasteiger partial charge in [-0.2, -0.15) is 5.10 Å². The Balaban J connectivity index is 2.36. The zero-order valence-electron chi connectivity index (χ0n) is 11.5. The van der Waals surface area contributed by atoms with Gasteiger partial charge in [0.1, 0.15) is 5.54 Å². The number of nitrogens with zero attached hydrogens (tertiary/aromatic N) is 3. The minimum Gasteiger partial charge on any atom is -0.480 e. The first kappa shape index (κ1) is 13.6. The van der Waals surface area contributed by atoms with Crippen LogP contribution in [-0.4, -0.2) is 43.7 Å². The van der Waals surface area contributed by atoms with Crippen molar-refractivity contribution in [1.82, 2.24) is 14.7 Å². The Labute approximate surface area is 112 Å². The molecule has 19 heavy (non-hydrogen) atoms. The second-order valence-corrected chi connectivity index (χ2v) is 5.29. The first-order valence-corrected chi connectivity index (χ1v) is 6.42. The Kier molecular flexibility index (Phi) is 3.34. The third kappa shape index (κ3) is 2.22. The van der Waals surface area contributed by atoms with Gasteiger partial charge in [-0.25, -0.2) is 4.79 Å². The number of carbonyl (C=O) groups excluding carboxylic acids is 1. The molecule has 1 aromatic heterocycles. The number of carboxylic acids is 1. The molecular formula is C13H19N3O3. The first-order chi connectivity index (χ1) is 8.86. The molecule has 1 amide bonds. The number of hydrogen-bond acceptors (Lipinski definition) is 3. The Hall–Kier alpha value is -1.85. The van der Waals surface area contributed by atoms with Gasteiger partial charge >= 0.3 is 5.97 Å². The maximum atomic E-state index is 12.6. The summed E-state index contributed by atoms with van der Waals surface area (Å²) in [6.07, 6.45) is 3.81. The molecule has 1 aliphatic heterocycles. The quantitative estimate of drug-likeness (QED) is 0.871. The second kappa shape index (κ2) is 4.68. The molecule has 2 rings (SSSR count). The topological polar surface area (TPSA) is 75.4 Å². The van der Waals surface area contributed by atoms with E-state index in [1.807, 2.05) is 0 Å². The lowest BCUT2D eigenvalue weighted by Gasteiger charge is -2.41. The minimum absolute atomic E-state index is 0.241. The molecule has 0 aromatic carbocycles. The molecule has 0 aliphatic carbocycles. The summed E-state index contributed by atoms with van der Waals surface area (Å²) in [5.74, 6) is -1.18. The number of carboxylic acid groups (broad SMARTS) is 1. The lowest BCUT2D eigenvalue weighted by Crippen LogP contribution is -2.57. The fourth-order valence-electron chi connectivity index (χ4n) is 2.62. The van der Waals surface area contributed by atoms with E-state index in [0.29, 0.717) is 24.2 Å². The van der Waals surface area contributed by atoms with Gasteiger partial charge in [0, 0.05) is 19.8 Å². The van der Waals surface area contributed by atoms with E-state index in [2.05, 4.69) is 5.10 Å². The lowest BCUT2D eigenvalue weighted by atomic mass is 9.88. The summed E-state index contributed by atoms with van der Waals surface area (Å²) in [5.41, 5.74) is 0.000122. The van der Waals surface area contributed by atoms with E-state index in [-0.39, 0.29) is 5.91 Å². The summed E-state index contributed by atoms with van der Waals surface area (Å²) >= 11 is 0. The number of rotatable bonds is 2. The molecule has 0 saturated carbocycles. The molecule has 1 unspecified atom stereocenters. The number of likely N-dealkylation sites (tertiary alicyclic amines) is 1. The number of piperidine rings is 1. The fourth-order valence-corrected chi connectivity index (χ4v) is 2.62. The van der Waals surface area contributed by atoms with Crippen LogP contribution in [0.3, 0.4) is 0 Å². The van der Waals surface area contributed by atoms with Crippen molar-refractivity contribution in [3.63, 3.8) is 0 Å². The highest BCUT2D eigenvalue weighted by atomic mass is 16.4. The van der Waals surface area contributed by atoms with Gasteiger partial charge in [-0.15, -0.1) is 0 Å². The van der Waals surface area contributed by atoms with E-state index in [1.54, 1.807) is 31.8 Å². The summed E-state index contributed by atoms with van der Waals surface area (Å²) in [5, 5.41) is 13.6. The molecule has 1 N–H and O–H groups in total. The van der Waals surface area contributed by atoms with Crippen molar-refractivity contribution in [2.24, 2.45) is 7.05 Å². The molecule has 1 aromatic rings. The van der Waals surface area contributed by atoms with Gasteiger partial charge in [0.2, 0.25) is 0 Å². The smallest absolute Gasteiger partial charge is 0.329 e. The molecule has 0 bridgehead atoms. The lowest BCUT2D eigenvalue weighted by molar-refractivity contribution is -0.150. The predicted octanol–water partition coefficient (Wildman–Crippen LogP) is 1.20. The summed E-state index contributed by atoms with van der Waals surface area (Å²) in [6, 6.07) is 0. The molecule has 1 atom stereocenters. The van der Waals surface area contributed by atoms with Crippen molar-refractivity contribution in [3.8, 4) is 0 Å². The molecule has 1 fully saturated rings. The monoisotopic (exact) mass is 265 g/mol. The standard InChI is InChI=1S/C13H19N3O3/c1-9-10(8-15(3)14-9)11(17)16-7-5-4-6-13(16,2)12(18)19/h8H,4-7H2,1-3H3,(H,18,19). The summed E-state index contributed by atoms with van der Waals surface area (Å²) < 4.78 is 1.57. The van der Waals surface area contributed by atoms with Crippen molar-refractivity contribution in [2.75, 3.05) is 6.54 Å². The zero-order valence-corrected chi connectivity index (χ0v) is 11.5. The first-order valence-electron chi connectivity index (χ1n) is 6.42. The van der Waals surface area contributed by atoms with Gasteiger partial charge in [-0.1, -0.05) is 0 Å². The molecular weight excluding hydrogens is 246 g/mol. The number of aryl methyl sites for hydroxylation is 2. The van der Waals surface area contributed by atoms with E-state index >= 15 is 0 Å². The van der Waals surface area contributed by atoms with Gasteiger partial charge in [0.15, 0.2) is 0 Å². The number of amides is 1. The van der Waals surface area contributed by atoms with Crippen molar-refractivity contribution < 1.29 is 14.7 Å². The van der Waals surface area contributed by atoms with E-state index in [4.69, 9.17) is 0 Å². The van der Waals surface area contributed by atoms with Crippen LogP contribution in [0.15, 0.2) is 6.20 Å². The summed E-state index contributed by atoms with van der Waals surface area (Å²) in [6.45, 7) is 3.86. The third-order valence-corrected chi connectivity index (χ3v) is 3.84. The molecule has 6 nitrogen and oxygen atoms in total. The van der Waals surface area contributed by atoms with E-state index < -0.39 is 11.5 Å². The average molecular weight is 265 g/mol. The average Bonchev–Trinajstić information content (AvgIpc) is 2.68. The largest absolute Gasteiger partial charge is 0.480 e. The Morgan fingerprint density at radius 1 is 1.42 bits per heavy atom. The molecule has 1 aliphatic rings. The van der Waals surface area contributed by atoms with Crippen LogP contribution in [0.25, 0.3) is 0 Å². The molecule has 0 radical (unpaired) electrons. The molecule has 1 saturated heterocycles. The van der Waals surface area contributed by atoms with Crippen LogP contribution in [0.1, 0.15) is 42.2 Å². The van der Waals surface area contributed by atoms with Crippen LogP contribution in [0.2, 0.25) is 0 Å². The zero-order chi connectivity index (χ0) is 14.2. The van der Waals surface area contributed by atoms with Crippen LogP contribution in [0.4, 0.5) is 0 Å². The van der Waals surface area contributed by atoms with Crippen LogP contribution in [-0.2, 0) is 11.8 Å². The van der Waals surface area contributed by atoms with Crippen LogP contribution in [0, 0.1) is 6.92 Å². The van der Waals surface area contributed by atoms with E-state index in [1.165, 1.54) is 4.90 Å². The van der Waals surface area contributed by atoms with Crippen LogP contribution in [0.5, 0.6) is 0 Å². The van der Waals surface area contributed by atoms with Crippen LogP contribution >= 0.6 is 0 Å². The predicted molar refractivity (Wildman–Crippen MR) is 68.9 cm³/mol. The van der Waals surface area contributed by atoms with Gasteiger partial charge in [-0.3, -0.25) is 9.48 Å². The van der Waals surface area contributed by atoms with E-state index in [0.717, 1.165) is 12.8 Å². The highest BCUT2D eigenvalue weighted by Crippen LogP contribution is 2.30. The van der Waals surface area contributed by atoms with Gasteiger partial charge < -0.3 is 10.0 Å². The van der Waals surface area contributed by atoms with Crippen molar-refractivity contribution in [2.45, 2.75) is 38.6 Å². The van der Waals surface area contributed by atoms with Crippen molar-refractivity contribution in [1.29, 1.82) is 0 Å². The maximum absolute atomic E-state index is 12.6. The number of hydrogen-bond donors (Lipinski definition) is 1. The summed E-state index contributed by atoms with van der Waals surface area (Å²) in [4.78, 5) is 25.5. The molecule has 0 spiro atoms. The molecule has 104 valence electrons. The molecule has 6 heteroatoms. The fraction of sp³-hybridized carbons (Fsp3) is 0.615. The Morgan fingerprint density at radius 2 is 2.11 bits per heavy atom. The van der Waals surface area contributed by atoms with Crippen molar-refractivity contribution in [3.05, 3.63) is 17.5 Å². The number of aromatic nitrogens is 2. The maximum Gasteiger partial charge on any atom is 0.329 e. The Morgan fingerprint density at radius 3 is 2.63 bits per heavy atom. The second-order valence-electron chi connectivity index (χ2n) is 5.29. The molecule has 2 heterocycles. The van der Waals surface area contributed by atoms with E-state index in [9.17, 15) is 14.7 Å². The number of aliphatic carboxylic acids is 1. The highest BCUT2D eigenvalue weighted by Gasteiger charge is 2.44. The minimum atomic E-state index is -1.11. The SMILES string of the molecule is Cc1nn(C)cc1C(=O)N1CCCCC1(C)C(=O)O. The highest BCUT2D eigenvalue weighted by molar-refractivity contribution is 5.98. The summed E-state index contributed by atoms with van der Waals surface area (Å²) in [7, 11) is 1.75. The third-order valence-electron chi connectivity index (χ3n) is 3.84. The Bertz CT molecular complexity index is 523. The number of carbonyl (C=O) groups is 2. The van der Waals surface area contributed by atoms with Gasteiger partial charge in [0.25, 0.3) is 5.91 Å². The normalized spacial score (nSPS) is 23.4. The van der Waals surface area contributed by atoms with Crippen LogP contribution < -0.4 is 0 Å². The van der Waals surface area contributed by atoms with Gasteiger partial charge in [-0.05, 0) is 33.1 Å². The van der Waals surface area contributed by atoms with Crippen molar-refractivity contribution >= 4 is 11.9 Å².